The summed E-state index contributed by atoms with van der Waals surface area (Å²) in [5, 5.41) is -0.786. The molecule has 2 rings (SSSR count). The van der Waals surface area contributed by atoms with E-state index in [0.29, 0.717) is 0 Å². The topological polar surface area (TPSA) is 60.2 Å². The van der Waals surface area contributed by atoms with Gasteiger partial charge in [-0.1, -0.05) is 0 Å². The first-order valence-corrected chi connectivity index (χ1v) is 6.37. The summed E-state index contributed by atoms with van der Waals surface area (Å²) in [5.74, 6) is -1.70. The zero-order valence-corrected chi connectivity index (χ0v) is 9.39. The van der Waals surface area contributed by atoms with Gasteiger partial charge in [-0.15, -0.1) is 0 Å². The molecular formula is C10H11F2NO2S. The Morgan fingerprint density at radius 2 is 1.88 bits per heavy atom. The quantitative estimate of drug-likeness (QED) is 0.756. The van der Waals surface area contributed by atoms with Crippen molar-refractivity contribution in [3.63, 3.8) is 0 Å². The van der Waals surface area contributed by atoms with Crippen LogP contribution in [-0.4, -0.2) is 13.7 Å². The molecule has 1 aliphatic heterocycles. The lowest BCUT2D eigenvalue weighted by Crippen LogP contribution is -2.33. The second kappa shape index (κ2) is 3.49. The van der Waals surface area contributed by atoms with E-state index in [4.69, 9.17) is 5.73 Å². The Kier molecular flexibility index (Phi) is 2.51. The number of fused-ring (bicyclic) bond motifs is 1. The molecule has 0 fully saturated rings. The van der Waals surface area contributed by atoms with Crippen LogP contribution in [0.3, 0.4) is 0 Å². The van der Waals surface area contributed by atoms with Gasteiger partial charge in [0.25, 0.3) is 0 Å². The van der Waals surface area contributed by atoms with E-state index in [9.17, 15) is 17.2 Å². The minimum absolute atomic E-state index is 0.107. The second-order valence-corrected chi connectivity index (χ2v) is 6.27. The zero-order valence-electron chi connectivity index (χ0n) is 8.57. The lowest BCUT2D eigenvalue weighted by molar-refractivity contribution is 0.483. The molecule has 0 saturated carbocycles. The van der Waals surface area contributed by atoms with Crippen molar-refractivity contribution in [3.05, 3.63) is 29.3 Å². The number of halogens is 2. The first kappa shape index (κ1) is 11.5. The predicted molar refractivity (Wildman–Crippen MR) is 54.6 cm³/mol. The molecule has 1 heterocycles. The summed E-state index contributed by atoms with van der Waals surface area (Å²) in [6, 6.07) is 0.944. The molecule has 0 bridgehead atoms. The van der Waals surface area contributed by atoms with Gasteiger partial charge in [0.1, 0.15) is 16.5 Å². The molecule has 0 spiro atoms. The van der Waals surface area contributed by atoms with E-state index in [1.807, 2.05) is 0 Å². The Labute approximate surface area is 92.2 Å². The van der Waals surface area contributed by atoms with Crippen LogP contribution in [-0.2, 0) is 9.84 Å². The van der Waals surface area contributed by atoms with Crippen molar-refractivity contribution in [2.45, 2.75) is 29.5 Å². The number of sulfone groups is 1. The number of hydrogen-bond donors (Lipinski definition) is 1. The first-order chi connectivity index (χ1) is 7.35. The van der Waals surface area contributed by atoms with Crippen molar-refractivity contribution in [1.82, 2.24) is 0 Å². The Balaban J connectivity index is 2.85. The van der Waals surface area contributed by atoms with E-state index < -0.39 is 37.7 Å². The van der Waals surface area contributed by atoms with Crippen LogP contribution in [0.15, 0.2) is 17.0 Å². The van der Waals surface area contributed by atoms with Gasteiger partial charge in [0.2, 0.25) is 0 Å². The molecular weight excluding hydrogens is 236 g/mol. The second-order valence-electron chi connectivity index (χ2n) is 3.97. The highest BCUT2D eigenvalue weighted by Gasteiger charge is 2.38. The van der Waals surface area contributed by atoms with Gasteiger partial charge in [-0.25, -0.2) is 17.2 Å². The Morgan fingerprint density at radius 3 is 2.50 bits per heavy atom. The maximum atomic E-state index is 13.5. The number of hydrogen-bond acceptors (Lipinski definition) is 3. The summed E-state index contributed by atoms with van der Waals surface area (Å²) in [5.41, 5.74) is 5.43. The van der Waals surface area contributed by atoms with E-state index >= 15 is 0 Å². The highest BCUT2D eigenvalue weighted by molar-refractivity contribution is 7.92. The lowest BCUT2D eigenvalue weighted by atomic mass is 10.0. The normalized spacial score (nSPS) is 27.5. The van der Waals surface area contributed by atoms with Crippen LogP contribution in [0, 0.1) is 11.6 Å². The van der Waals surface area contributed by atoms with Crippen LogP contribution in [0.5, 0.6) is 0 Å². The Bertz CT molecular complexity index is 542. The van der Waals surface area contributed by atoms with Crippen molar-refractivity contribution in [2.24, 2.45) is 5.73 Å². The molecule has 1 aliphatic rings. The molecule has 0 aromatic heterocycles. The average Bonchev–Trinajstić information content (AvgIpc) is 2.18. The molecule has 6 heteroatoms. The summed E-state index contributed by atoms with van der Waals surface area (Å²) in [6.07, 6.45) is 0.107. The van der Waals surface area contributed by atoms with Gasteiger partial charge in [-0.05, 0) is 25.5 Å². The molecule has 3 nitrogen and oxygen atoms in total. The van der Waals surface area contributed by atoms with Gasteiger partial charge < -0.3 is 5.73 Å². The Morgan fingerprint density at radius 1 is 1.31 bits per heavy atom. The Hall–Kier alpha value is -1.01. The first-order valence-electron chi connectivity index (χ1n) is 4.83. The summed E-state index contributed by atoms with van der Waals surface area (Å²) in [4.78, 5) is -0.571. The van der Waals surface area contributed by atoms with Gasteiger partial charge >= 0.3 is 0 Å². The largest absolute Gasteiger partial charge is 0.324 e. The SMILES string of the molecule is CC1CC(N)c2c(F)ccc(F)c2S1(=O)=O. The fourth-order valence-electron chi connectivity index (χ4n) is 1.99. The molecule has 0 radical (unpaired) electrons. The van der Waals surface area contributed by atoms with Gasteiger partial charge in [-0.3, -0.25) is 0 Å². The zero-order chi connectivity index (χ0) is 12.1. The van der Waals surface area contributed by atoms with E-state index in [2.05, 4.69) is 0 Å². The van der Waals surface area contributed by atoms with E-state index in [0.717, 1.165) is 12.1 Å². The summed E-state index contributed by atoms with van der Waals surface area (Å²) in [6.45, 7) is 1.45. The highest BCUT2D eigenvalue weighted by Crippen LogP contribution is 2.37. The van der Waals surface area contributed by atoms with Crippen molar-refractivity contribution in [1.29, 1.82) is 0 Å². The van der Waals surface area contributed by atoms with Crippen molar-refractivity contribution in [3.8, 4) is 0 Å². The molecule has 0 saturated heterocycles. The van der Waals surface area contributed by atoms with E-state index in [1.54, 1.807) is 0 Å². The molecule has 88 valence electrons. The molecule has 2 atom stereocenters. The van der Waals surface area contributed by atoms with Crippen LogP contribution in [0.4, 0.5) is 8.78 Å². The molecule has 2 unspecified atom stereocenters. The van der Waals surface area contributed by atoms with Gasteiger partial charge in [-0.2, -0.15) is 0 Å². The summed E-state index contributed by atoms with van der Waals surface area (Å²) < 4.78 is 50.7. The minimum Gasteiger partial charge on any atom is -0.324 e. The minimum atomic E-state index is -3.80. The van der Waals surface area contributed by atoms with E-state index in [1.165, 1.54) is 6.92 Å². The maximum absolute atomic E-state index is 13.5. The maximum Gasteiger partial charge on any atom is 0.184 e. The molecule has 16 heavy (non-hydrogen) atoms. The van der Waals surface area contributed by atoms with Crippen LogP contribution in [0.2, 0.25) is 0 Å². The monoisotopic (exact) mass is 247 g/mol. The van der Waals surface area contributed by atoms with Crippen LogP contribution >= 0.6 is 0 Å². The lowest BCUT2D eigenvalue weighted by Gasteiger charge is -2.27. The molecule has 0 aliphatic carbocycles. The van der Waals surface area contributed by atoms with Crippen molar-refractivity contribution in [2.75, 3.05) is 0 Å². The number of rotatable bonds is 0. The third-order valence-corrected chi connectivity index (χ3v) is 5.10. The highest BCUT2D eigenvalue weighted by atomic mass is 32.2. The summed E-state index contributed by atoms with van der Waals surface area (Å²) >= 11 is 0. The molecule has 2 N–H and O–H groups in total. The van der Waals surface area contributed by atoms with Gasteiger partial charge in [0, 0.05) is 11.6 Å². The fraction of sp³-hybridized carbons (Fsp3) is 0.400. The third-order valence-electron chi connectivity index (χ3n) is 2.87. The van der Waals surface area contributed by atoms with Crippen LogP contribution < -0.4 is 5.73 Å². The van der Waals surface area contributed by atoms with E-state index in [-0.39, 0.29) is 12.0 Å². The predicted octanol–water partition coefficient (Wildman–Crippen LogP) is 1.53. The third kappa shape index (κ3) is 1.44. The summed E-state index contributed by atoms with van der Waals surface area (Å²) in [7, 11) is -3.80. The van der Waals surface area contributed by atoms with Crippen molar-refractivity contribution < 1.29 is 17.2 Å². The standard InChI is InChI=1S/C10H11F2NO2S/c1-5-4-8(13)9-6(11)2-3-7(12)10(9)16(5,14)15/h2-3,5,8H,4,13H2,1H3. The molecule has 0 amide bonds. The smallest absolute Gasteiger partial charge is 0.184 e. The molecule has 1 aromatic rings. The van der Waals surface area contributed by atoms with Gasteiger partial charge in [0.15, 0.2) is 9.84 Å². The molecule has 1 aromatic carbocycles. The van der Waals surface area contributed by atoms with Crippen LogP contribution in [0.25, 0.3) is 0 Å². The van der Waals surface area contributed by atoms with Gasteiger partial charge in [0.05, 0.1) is 5.25 Å². The number of nitrogens with two attached hydrogens (primary N) is 1. The fourth-order valence-corrected chi connectivity index (χ4v) is 3.75. The van der Waals surface area contributed by atoms with Crippen molar-refractivity contribution >= 4 is 9.84 Å². The average molecular weight is 247 g/mol. The number of benzene rings is 1. The van der Waals surface area contributed by atoms with Crippen LogP contribution in [0.1, 0.15) is 24.9 Å².